The Kier molecular flexibility index (Phi) is 7.55. The minimum absolute atomic E-state index is 0.253. The van der Waals surface area contributed by atoms with Crippen LogP contribution in [0.15, 0.2) is 48.5 Å². The van der Waals surface area contributed by atoms with Gasteiger partial charge < -0.3 is 19.5 Å². The second kappa shape index (κ2) is 10.1. The SMILES string of the molecule is CCCCOc1ccccc1C=CC(=O)Nc1ccc(OC)cc1OC. The number of hydrogen-bond acceptors (Lipinski definition) is 4. The Labute approximate surface area is 154 Å². The number of hydrogen-bond donors (Lipinski definition) is 1. The minimum Gasteiger partial charge on any atom is -0.497 e. The highest BCUT2D eigenvalue weighted by Gasteiger charge is 2.07. The van der Waals surface area contributed by atoms with Crippen molar-refractivity contribution in [2.75, 3.05) is 26.1 Å². The molecule has 1 N–H and O–H groups in total. The van der Waals surface area contributed by atoms with Crippen LogP contribution in [0, 0.1) is 0 Å². The molecule has 0 bridgehead atoms. The van der Waals surface area contributed by atoms with Gasteiger partial charge in [0.2, 0.25) is 5.91 Å². The Balaban J connectivity index is 2.06. The maximum atomic E-state index is 12.3. The van der Waals surface area contributed by atoms with Crippen LogP contribution < -0.4 is 19.5 Å². The summed E-state index contributed by atoms with van der Waals surface area (Å²) >= 11 is 0. The summed E-state index contributed by atoms with van der Waals surface area (Å²) in [5.41, 5.74) is 1.44. The Morgan fingerprint density at radius 3 is 2.62 bits per heavy atom. The molecule has 0 heterocycles. The zero-order valence-corrected chi connectivity index (χ0v) is 15.5. The first-order chi connectivity index (χ1) is 12.7. The van der Waals surface area contributed by atoms with Crippen molar-refractivity contribution >= 4 is 17.7 Å². The van der Waals surface area contributed by atoms with Gasteiger partial charge in [0, 0.05) is 17.7 Å². The molecule has 2 rings (SSSR count). The van der Waals surface area contributed by atoms with Crippen molar-refractivity contribution in [1.82, 2.24) is 0 Å². The van der Waals surface area contributed by atoms with Gasteiger partial charge in [0.15, 0.2) is 0 Å². The molecular weight excluding hydrogens is 330 g/mol. The van der Waals surface area contributed by atoms with E-state index in [4.69, 9.17) is 14.2 Å². The summed E-state index contributed by atoms with van der Waals surface area (Å²) in [5, 5.41) is 2.81. The van der Waals surface area contributed by atoms with E-state index in [0.717, 1.165) is 24.2 Å². The largest absolute Gasteiger partial charge is 0.497 e. The Morgan fingerprint density at radius 1 is 1.08 bits per heavy atom. The molecular formula is C21H25NO4. The fourth-order valence-electron chi connectivity index (χ4n) is 2.32. The second-order valence-corrected chi connectivity index (χ2v) is 5.63. The summed E-state index contributed by atoms with van der Waals surface area (Å²) in [6, 6.07) is 12.9. The number of carbonyl (C=O) groups excluding carboxylic acids is 1. The van der Waals surface area contributed by atoms with Crippen LogP contribution in [-0.4, -0.2) is 26.7 Å². The van der Waals surface area contributed by atoms with Crippen LogP contribution in [0.3, 0.4) is 0 Å². The lowest BCUT2D eigenvalue weighted by molar-refractivity contribution is -0.111. The fraction of sp³-hybridized carbons (Fsp3) is 0.286. The predicted molar refractivity (Wildman–Crippen MR) is 104 cm³/mol. The number of benzene rings is 2. The van der Waals surface area contributed by atoms with Crippen LogP contribution in [-0.2, 0) is 4.79 Å². The van der Waals surface area contributed by atoms with E-state index in [-0.39, 0.29) is 5.91 Å². The van der Waals surface area contributed by atoms with E-state index < -0.39 is 0 Å². The zero-order chi connectivity index (χ0) is 18.8. The van der Waals surface area contributed by atoms with Gasteiger partial charge in [-0.25, -0.2) is 0 Å². The molecule has 0 atom stereocenters. The molecule has 138 valence electrons. The highest BCUT2D eigenvalue weighted by Crippen LogP contribution is 2.29. The minimum atomic E-state index is -0.253. The van der Waals surface area contributed by atoms with Gasteiger partial charge in [-0.3, -0.25) is 4.79 Å². The molecule has 0 aliphatic carbocycles. The van der Waals surface area contributed by atoms with Crippen molar-refractivity contribution < 1.29 is 19.0 Å². The predicted octanol–water partition coefficient (Wildman–Crippen LogP) is 4.53. The number of rotatable bonds is 9. The van der Waals surface area contributed by atoms with Crippen molar-refractivity contribution in [3.8, 4) is 17.2 Å². The summed E-state index contributed by atoms with van der Waals surface area (Å²) in [7, 11) is 3.12. The summed E-state index contributed by atoms with van der Waals surface area (Å²) in [5.74, 6) is 1.71. The molecule has 2 aromatic carbocycles. The van der Waals surface area contributed by atoms with Crippen LogP contribution in [0.2, 0.25) is 0 Å². The van der Waals surface area contributed by atoms with Crippen molar-refractivity contribution in [2.24, 2.45) is 0 Å². The van der Waals surface area contributed by atoms with Crippen LogP contribution in [0.4, 0.5) is 5.69 Å². The van der Waals surface area contributed by atoms with E-state index in [0.29, 0.717) is 23.8 Å². The van der Waals surface area contributed by atoms with Gasteiger partial charge in [0.25, 0.3) is 0 Å². The molecule has 0 aliphatic heterocycles. The first-order valence-corrected chi connectivity index (χ1v) is 8.60. The molecule has 0 saturated heterocycles. The average Bonchev–Trinajstić information content (AvgIpc) is 2.67. The smallest absolute Gasteiger partial charge is 0.248 e. The standard InChI is InChI=1S/C21H25NO4/c1-4-5-14-26-19-9-7-6-8-16(19)10-13-21(23)22-18-12-11-17(24-2)15-20(18)25-3/h6-13,15H,4-5,14H2,1-3H3,(H,22,23). The molecule has 0 radical (unpaired) electrons. The molecule has 0 fully saturated rings. The topological polar surface area (TPSA) is 56.8 Å². The Morgan fingerprint density at radius 2 is 1.88 bits per heavy atom. The monoisotopic (exact) mass is 355 g/mol. The molecule has 0 unspecified atom stereocenters. The molecule has 0 aliphatic rings. The normalized spacial score (nSPS) is 10.6. The maximum absolute atomic E-state index is 12.3. The highest BCUT2D eigenvalue weighted by atomic mass is 16.5. The van der Waals surface area contributed by atoms with E-state index in [1.165, 1.54) is 6.08 Å². The zero-order valence-electron chi connectivity index (χ0n) is 15.5. The van der Waals surface area contributed by atoms with Crippen molar-refractivity contribution in [3.05, 3.63) is 54.1 Å². The number of para-hydroxylation sites is 1. The highest BCUT2D eigenvalue weighted by molar-refractivity contribution is 6.03. The third kappa shape index (κ3) is 5.55. The average molecular weight is 355 g/mol. The van der Waals surface area contributed by atoms with Gasteiger partial charge in [-0.15, -0.1) is 0 Å². The lowest BCUT2D eigenvalue weighted by Gasteiger charge is -2.10. The van der Waals surface area contributed by atoms with E-state index in [1.807, 2.05) is 24.3 Å². The lowest BCUT2D eigenvalue weighted by Crippen LogP contribution is -2.09. The fourth-order valence-corrected chi connectivity index (χ4v) is 2.32. The van der Waals surface area contributed by atoms with Gasteiger partial charge in [-0.1, -0.05) is 31.5 Å². The molecule has 0 aromatic heterocycles. The number of methoxy groups -OCH3 is 2. The molecule has 26 heavy (non-hydrogen) atoms. The Hall–Kier alpha value is -2.95. The van der Waals surface area contributed by atoms with Crippen LogP contribution in [0.5, 0.6) is 17.2 Å². The number of amides is 1. The summed E-state index contributed by atoms with van der Waals surface area (Å²) in [4.78, 5) is 12.3. The second-order valence-electron chi connectivity index (χ2n) is 5.63. The summed E-state index contributed by atoms with van der Waals surface area (Å²) < 4.78 is 16.2. The van der Waals surface area contributed by atoms with Crippen LogP contribution in [0.25, 0.3) is 6.08 Å². The van der Waals surface area contributed by atoms with Crippen molar-refractivity contribution in [2.45, 2.75) is 19.8 Å². The van der Waals surface area contributed by atoms with Gasteiger partial charge in [-0.2, -0.15) is 0 Å². The number of carbonyl (C=O) groups is 1. The molecule has 5 nitrogen and oxygen atoms in total. The van der Waals surface area contributed by atoms with E-state index >= 15 is 0 Å². The van der Waals surface area contributed by atoms with Gasteiger partial charge >= 0.3 is 0 Å². The molecule has 0 saturated carbocycles. The third-order valence-electron chi connectivity index (χ3n) is 3.76. The van der Waals surface area contributed by atoms with Gasteiger partial charge in [0.1, 0.15) is 17.2 Å². The Bertz CT molecular complexity index is 755. The first-order valence-electron chi connectivity index (χ1n) is 8.60. The maximum Gasteiger partial charge on any atom is 0.248 e. The molecule has 5 heteroatoms. The lowest BCUT2D eigenvalue weighted by atomic mass is 10.2. The molecule has 1 amide bonds. The summed E-state index contributed by atoms with van der Waals surface area (Å²) in [6.45, 7) is 2.78. The van der Waals surface area contributed by atoms with Gasteiger partial charge in [0.05, 0.1) is 26.5 Å². The number of nitrogens with one attached hydrogen (secondary N) is 1. The summed E-state index contributed by atoms with van der Waals surface area (Å²) in [6.07, 6.45) is 5.29. The molecule has 2 aromatic rings. The quantitative estimate of drug-likeness (QED) is 0.530. The van der Waals surface area contributed by atoms with E-state index in [1.54, 1.807) is 38.5 Å². The first kappa shape index (κ1) is 19.4. The van der Waals surface area contributed by atoms with E-state index in [9.17, 15) is 4.79 Å². The molecule has 0 spiro atoms. The van der Waals surface area contributed by atoms with Crippen LogP contribution in [0.1, 0.15) is 25.3 Å². The van der Waals surface area contributed by atoms with E-state index in [2.05, 4.69) is 12.2 Å². The van der Waals surface area contributed by atoms with Crippen molar-refractivity contribution in [1.29, 1.82) is 0 Å². The van der Waals surface area contributed by atoms with Crippen molar-refractivity contribution in [3.63, 3.8) is 0 Å². The number of ether oxygens (including phenoxy) is 3. The number of unbranched alkanes of at least 4 members (excludes halogenated alkanes) is 1. The van der Waals surface area contributed by atoms with Crippen LogP contribution >= 0.6 is 0 Å². The number of anilines is 1. The third-order valence-corrected chi connectivity index (χ3v) is 3.76. The van der Waals surface area contributed by atoms with Gasteiger partial charge in [-0.05, 0) is 30.7 Å².